The lowest BCUT2D eigenvalue weighted by molar-refractivity contribution is -0.156. The molecule has 0 unspecified atom stereocenters. The zero-order valence-corrected chi connectivity index (χ0v) is 19.8. The van der Waals surface area contributed by atoms with Crippen molar-refractivity contribution in [3.8, 4) is 0 Å². The maximum Gasteiger partial charge on any atom is 0.275 e. The van der Waals surface area contributed by atoms with Crippen molar-refractivity contribution in [1.82, 2.24) is 10.0 Å². The summed E-state index contributed by atoms with van der Waals surface area (Å²) in [7, 11) is 0. The molecule has 2 aliphatic rings. The Labute approximate surface area is 202 Å². The normalized spacial score (nSPS) is 23.3. The molecular weight excluding hydrogens is 463 g/mol. The third-order valence-corrected chi connectivity index (χ3v) is 7.15. The van der Waals surface area contributed by atoms with Gasteiger partial charge in [0.1, 0.15) is 6.04 Å². The topological polar surface area (TPSA) is 74.8 Å². The van der Waals surface area contributed by atoms with Gasteiger partial charge in [0.05, 0.1) is 22.4 Å². The second-order valence-corrected chi connectivity index (χ2v) is 9.64. The van der Waals surface area contributed by atoms with Gasteiger partial charge in [-0.15, -0.1) is 0 Å². The summed E-state index contributed by atoms with van der Waals surface area (Å²) in [6.07, 6.45) is 2.01. The summed E-state index contributed by atoms with van der Waals surface area (Å²) >= 11 is 12.2. The van der Waals surface area contributed by atoms with Gasteiger partial charge in [-0.1, -0.05) is 42.3 Å². The van der Waals surface area contributed by atoms with Gasteiger partial charge in [0.2, 0.25) is 0 Å². The van der Waals surface area contributed by atoms with Gasteiger partial charge in [-0.3, -0.25) is 19.2 Å². The number of Topliss-reactive ketones (excluding diaryl/α,β-unsaturated/α-hetero) is 1. The van der Waals surface area contributed by atoms with Gasteiger partial charge in [0, 0.05) is 10.6 Å². The van der Waals surface area contributed by atoms with Gasteiger partial charge >= 0.3 is 0 Å². The lowest BCUT2D eigenvalue weighted by Gasteiger charge is -2.35. The number of benzene rings is 2. The van der Waals surface area contributed by atoms with Crippen LogP contribution in [0, 0.1) is 17.8 Å². The van der Waals surface area contributed by atoms with Crippen LogP contribution in [-0.4, -0.2) is 39.6 Å². The Bertz CT molecular complexity index is 1120. The van der Waals surface area contributed by atoms with E-state index in [1.54, 1.807) is 42.5 Å². The molecule has 33 heavy (non-hydrogen) atoms. The quantitative estimate of drug-likeness (QED) is 0.438. The number of halogens is 2. The van der Waals surface area contributed by atoms with E-state index in [9.17, 15) is 19.2 Å². The summed E-state index contributed by atoms with van der Waals surface area (Å²) in [5, 5.41) is 2.53. The molecule has 1 aliphatic heterocycles. The van der Waals surface area contributed by atoms with Crippen molar-refractivity contribution in [3.63, 3.8) is 0 Å². The Morgan fingerprint density at radius 1 is 0.970 bits per heavy atom. The second kappa shape index (κ2) is 9.27. The molecule has 4 rings (SSSR count). The van der Waals surface area contributed by atoms with Crippen LogP contribution in [0.1, 0.15) is 53.8 Å². The van der Waals surface area contributed by atoms with Gasteiger partial charge in [-0.05, 0) is 68.5 Å². The summed E-state index contributed by atoms with van der Waals surface area (Å²) in [5.74, 6) is -2.63. The highest BCUT2D eigenvalue weighted by atomic mass is 35.5. The third kappa shape index (κ3) is 4.30. The van der Waals surface area contributed by atoms with E-state index in [0.29, 0.717) is 29.3 Å². The molecule has 1 saturated carbocycles. The Balaban J connectivity index is 1.76. The molecule has 0 N–H and O–H groups in total. The fourth-order valence-electron chi connectivity index (χ4n) is 4.75. The average Bonchev–Trinajstić information content (AvgIpc) is 3.04. The number of fused-ring (bicyclic) bond motifs is 1. The summed E-state index contributed by atoms with van der Waals surface area (Å²) in [5.41, 5.74) is 0.424. The van der Waals surface area contributed by atoms with E-state index in [4.69, 9.17) is 23.2 Å². The van der Waals surface area contributed by atoms with E-state index < -0.39 is 41.4 Å². The van der Waals surface area contributed by atoms with E-state index >= 15 is 0 Å². The SMILES string of the molecule is C[C@@H]1CC[C@@H]2C(=O)N(N(C(=O)c3ccccc3Cl)[C@H](C)C(=O)c3ccc(Cl)cc3)C(=O)[C@H]2C1. The van der Waals surface area contributed by atoms with Gasteiger partial charge < -0.3 is 0 Å². The minimum absolute atomic E-state index is 0.110. The molecule has 0 spiro atoms. The lowest BCUT2D eigenvalue weighted by atomic mass is 9.76. The highest BCUT2D eigenvalue weighted by Gasteiger charge is 2.54. The molecule has 1 aliphatic carbocycles. The lowest BCUT2D eigenvalue weighted by Crippen LogP contribution is -2.56. The molecule has 0 aromatic heterocycles. The molecule has 3 amide bonds. The van der Waals surface area contributed by atoms with Crippen molar-refractivity contribution in [2.24, 2.45) is 17.8 Å². The number of rotatable bonds is 5. The molecule has 0 bridgehead atoms. The van der Waals surface area contributed by atoms with Crippen LogP contribution >= 0.6 is 23.2 Å². The number of amides is 3. The van der Waals surface area contributed by atoms with Crippen molar-refractivity contribution in [3.05, 3.63) is 69.7 Å². The van der Waals surface area contributed by atoms with Crippen LogP contribution in [0.15, 0.2) is 48.5 Å². The molecule has 2 aromatic carbocycles. The van der Waals surface area contributed by atoms with Crippen LogP contribution in [0.5, 0.6) is 0 Å². The zero-order chi connectivity index (χ0) is 23.9. The molecule has 2 fully saturated rings. The summed E-state index contributed by atoms with van der Waals surface area (Å²) < 4.78 is 0. The first kappa shape index (κ1) is 23.5. The van der Waals surface area contributed by atoms with E-state index in [1.165, 1.54) is 13.0 Å². The average molecular weight is 487 g/mol. The van der Waals surface area contributed by atoms with Crippen molar-refractivity contribution in [1.29, 1.82) is 0 Å². The molecule has 6 nitrogen and oxygen atoms in total. The predicted molar refractivity (Wildman–Crippen MR) is 125 cm³/mol. The molecular formula is C25H24Cl2N2O4. The highest BCUT2D eigenvalue weighted by molar-refractivity contribution is 6.34. The summed E-state index contributed by atoms with van der Waals surface area (Å²) in [4.78, 5) is 53.8. The Morgan fingerprint density at radius 2 is 1.61 bits per heavy atom. The minimum Gasteiger partial charge on any atom is -0.292 e. The van der Waals surface area contributed by atoms with Crippen LogP contribution in [0.2, 0.25) is 10.0 Å². The summed E-state index contributed by atoms with van der Waals surface area (Å²) in [6.45, 7) is 3.56. The summed E-state index contributed by atoms with van der Waals surface area (Å²) in [6, 6.07) is 11.5. The van der Waals surface area contributed by atoms with Crippen LogP contribution in [0.4, 0.5) is 0 Å². The van der Waals surface area contributed by atoms with Gasteiger partial charge in [-0.2, -0.15) is 5.01 Å². The van der Waals surface area contributed by atoms with Crippen LogP contribution < -0.4 is 0 Å². The molecule has 8 heteroatoms. The van der Waals surface area contributed by atoms with Crippen molar-refractivity contribution in [2.75, 3.05) is 0 Å². The standard InChI is InChI=1S/C25H24Cl2N2O4/c1-14-7-12-18-20(13-14)25(33)29(23(18)31)28(24(32)19-5-3-4-6-21(19)27)15(2)22(30)16-8-10-17(26)11-9-16/h3-6,8-11,14-15,18,20H,7,12-13H2,1-2H3/t14-,15-,18+,20+/m1/s1. The molecule has 1 heterocycles. The first-order valence-electron chi connectivity index (χ1n) is 11.0. The second-order valence-electron chi connectivity index (χ2n) is 8.80. The Hall–Kier alpha value is -2.70. The van der Waals surface area contributed by atoms with Crippen LogP contribution in [-0.2, 0) is 9.59 Å². The van der Waals surface area contributed by atoms with Crippen molar-refractivity contribution < 1.29 is 19.2 Å². The number of hydrazine groups is 1. The Morgan fingerprint density at radius 3 is 2.27 bits per heavy atom. The zero-order valence-electron chi connectivity index (χ0n) is 18.3. The van der Waals surface area contributed by atoms with Crippen molar-refractivity contribution >= 4 is 46.7 Å². The van der Waals surface area contributed by atoms with Gasteiger partial charge in [0.15, 0.2) is 5.78 Å². The first-order valence-corrected chi connectivity index (χ1v) is 11.7. The number of hydrogen-bond donors (Lipinski definition) is 0. The monoisotopic (exact) mass is 486 g/mol. The molecule has 172 valence electrons. The molecule has 2 aromatic rings. The van der Waals surface area contributed by atoms with Crippen LogP contribution in [0.3, 0.4) is 0 Å². The van der Waals surface area contributed by atoms with Gasteiger partial charge in [-0.25, -0.2) is 5.01 Å². The Kier molecular flexibility index (Phi) is 6.59. The van der Waals surface area contributed by atoms with E-state index in [2.05, 4.69) is 6.92 Å². The predicted octanol–water partition coefficient (Wildman–Crippen LogP) is 5.04. The maximum atomic E-state index is 13.7. The van der Waals surface area contributed by atoms with E-state index in [1.807, 2.05) is 0 Å². The minimum atomic E-state index is -1.12. The van der Waals surface area contributed by atoms with E-state index in [-0.39, 0.29) is 10.6 Å². The third-order valence-electron chi connectivity index (χ3n) is 6.57. The van der Waals surface area contributed by atoms with Gasteiger partial charge in [0.25, 0.3) is 17.7 Å². The molecule has 0 radical (unpaired) electrons. The molecule has 4 atom stereocenters. The largest absolute Gasteiger partial charge is 0.292 e. The number of hydrogen-bond acceptors (Lipinski definition) is 4. The first-order chi connectivity index (χ1) is 15.7. The number of nitrogens with zero attached hydrogens (tertiary/aromatic N) is 2. The molecule has 1 saturated heterocycles. The van der Waals surface area contributed by atoms with Crippen LogP contribution in [0.25, 0.3) is 0 Å². The smallest absolute Gasteiger partial charge is 0.275 e. The fraction of sp³-hybridized carbons (Fsp3) is 0.360. The van der Waals surface area contributed by atoms with E-state index in [0.717, 1.165) is 16.4 Å². The number of carbonyl (C=O) groups is 4. The van der Waals surface area contributed by atoms with Crippen molar-refractivity contribution in [2.45, 2.75) is 39.2 Å². The fourth-order valence-corrected chi connectivity index (χ4v) is 5.09. The number of imide groups is 1. The number of ketones is 1. The highest BCUT2D eigenvalue weighted by Crippen LogP contribution is 2.42. The number of carbonyl (C=O) groups excluding carboxylic acids is 4. The maximum absolute atomic E-state index is 13.7.